The van der Waals surface area contributed by atoms with Gasteiger partial charge in [0.2, 0.25) is 0 Å². The molecular weight excluding hydrogens is 234 g/mol. The van der Waals surface area contributed by atoms with Crippen molar-refractivity contribution in [3.8, 4) is 5.75 Å². The summed E-state index contributed by atoms with van der Waals surface area (Å²) in [5.74, 6) is 0.375. The van der Waals surface area contributed by atoms with Crippen LogP contribution in [0.3, 0.4) is 0 Å². The molecule has 0 saturated carbocycles. The van der Waals surface area contributed by atoms with E-state index in [1.807, 2.05) is 24.3 Å². The van der Waals surface area contributed by atoms with Crippen molar-refractivity contribution in [2.24, 2.45) is 0 Å². The van der Waals surface area contributed by atoms with Crippen LogP contribution in [0, 0.1) is 0 Å². The summed E-state index contributed by atoms with van der Waals surface area (Å²) in [6, 6.07) is 17.9. The first kappa shape index (κ1) is 13.5. The third-order valence-electron chi connectivity index (χ3n) is 3.26. The van der Waals surface area contributed by atoms with Crippen LogP contribution >= 0.6 is 0 Å². The van der Waals surface area contributed by atoms with Crippen LogP contribution in [0.4, 0.5) is 5.69 Å². The van der Waals surface area contributed by atoms with Crippen molar-refractivity contribution in [2.75, 3.05) is 11.4 Å². The maximum Gasteiger partial charge on any atom is 0.120 e. The number of phenolic OH excluding ortho intramolecular Hbond substituents is 1. The van der Waals surface area contributed by atoms with Crippen LogP contribution in [0.2, 0.25) is 0 Å². The van der Waals surface area contributed by atoms with Gasteiger partial charge in [0.15, 0.2) is 0 Å². The molecule has 0 aliphatic carbocycles. The molecule has 0 atom stereocenters. The molecular formula is C17H21NO. The number of aromatic hydroxyl groups is 1. The van der Waals surface area contributed by atoms with Gasteiger partial charge in [-0.1, -0.05) is 49.7 Å². The largest absolute Gasteiger partial charge is 0.508 e. The highest BCUT2D eigenvalue weighted by Gasteiger charge is 2.08. The lowest BCUT2D eigenvalue weighted by atomic mass is 10.1. The molecule has 100 valence electrons. The average Bonchev–Trinajstić information content (AvgIpc) is 2.46. The third kappa shape index (κ3) is 3.75. The van der Waals surface area contributed by atoms with Crippen LogP contribution in [-0.4, -0.2) is 11.7 Å². The minimum Gasteiger partial charge on any atom is -0.508 e. The van der Waals surface area contributed by atoms with Gasteiger partial charge in [0, 0.05) is 24.3 Å². The Morgan fingerprint density at radius 1 is 0.947 bits per heavy atom. The van der Waals surface area contributed by atoms with Crippen LogP contribution in [-0.2, 0) is 6.54 Å². The zero-order valence-corrected chi connectivity index (χ0v) is 11.4. The lowest BCUT2D eigenvalue weighted by molar-refractivity contribution is 0.467. The summed E-state index contributed by atoms with van der Waals surface area (Å²) in [5, 5.41) is 9.91. The Balaban J connectivity index is 2.17. The quantitative estimate of drug-likeness (QED) is 0.836. The van der Waals surface area contributed by atoms with Crippen molar-refractivity contribution in [1.29, 1.82) is 0 Å². The van der Waals surface area contributed by atoms with E-state index < -0.39 is 0 Å². The first-order valence-corrected chi connectivity index (χ1v) is 6.88. The number of para-hydroxylation sites is 2. The topological polar surface area (TPSA) is 23.5 Å². The molecule has 2 nitrogen and oxygen atoms in total. The molecule has 0 saturated heterocycles. The normalized spacial score (nSPS) is 10.4. The highest BCUT2D eigenvalue weighted by atomic mass is 16.3. The van der Waals surface area contributed by atoms with Crippen molar-refractivity contribution in [2.45, 2.75) is 26.3 Å². The Bertz CT molecular complexity index is 496. The number of rotatable bonds is 6. The van der Waals surface area contributed by atoms with Gasteiger partial charge in [-0.15, -0.1) is 0 Å². The molecule has 0 aliphatic heterocycles. The SMILES string of the molecule is CCCCN(Cc1ccccc1O)c1ccccc1. The molecule has 2 rings (SSSR count). The predicted octanol–water partition coefficient (Wildman–Crippen LogP) is 4.20. The number of anilines is 1. The van der Waals surface area contributed by atoms with E-state index in [1.165, 1.54) is 12.1 Å². The van der Waals surface area contributed by atoms with Crippen molar-refractivity contribution in [1.82, 2.24) is 0 Å². The predicted molar refractivity (Wildman–Crippen MR) is 80.5 cm³/mol. The van der Waals surface area contributed by atoms with Crippen LogP contribution in [0.15, 0.2) is 54.6 Å². The highest BCUT2D eigenvalue weighted by molar-refractivity contribution is 5.47. The average molecular weight is 255 g/mol. The maximum atomic E-state index is 9.91. The Morgan fingerprint density at radius 3 is 2.32 bits per heavy atom. The number of benzene rings is 2. The first-order chi connectivity index (χ1) is 9.31. The van der Waals surface area contributed by atoms with E-state index in [0.717, 1.165) is 25.1 Å². The molecule has 0 fully saturated rings. The van der Waals surface area contributed by atoms with Crippen LogP contribution in [0.25, 0.3) is 0 Å². The number of hydrogen-bond donors (Lipinski definition) is 1. The number of phenols is 1. The van der Waals surface area contributed by atoms with Gasteiger partial charge in [-0.25, -0.2) is 0 Å². The summed E-state index contributed by atoms with van der Waals surface area (Å²) in [6.45, 7) is 3.95. The summed E-state index contributed by atoms with van der Waals surface area (Å²) in [7, 11) is 0. The second-order valence-electron chi connectivity index (χ2n) is 4.74. The second-order valence-corrected chi connectivity index (χ2v) is 4.74. The van der Waals surface area contributed by atoms with Gasteiger partial charge in [0.05, 0.1) is 0 Å². The van der Waals surface area contributed by atoms with E-state index in [4.69, 9.17) is 0 Å². The fraction of sp³-hybridized carbons (Fsp3) is 0.294. The van der Waals surface area contributed by atoms with E-state index in [0.29, 0.717) is 5.75 Å². The summed E-state index contributed by atoms with van der Waals surface area (Å²) in [6.07, 6.45) is 2.33. The van der Waals surface area contributed by atoms with E-state index in [-0.39, 0.29) is 0 Å². The van der Waals surface area contributed by atoms with E-state index in [9.17, 15) is 5.11 Å². The van der Waals surface area contributed by atoms with Gasteiger partial charge in [-0.05, 0) is 24.6 Å². The molecule has 0 aromatic heterocycles. The van der Waals surface area contributed by atoms with Gasteiger partial charge in [0.25, 0.3) is 0 Å². The van der Waals surface area contributed by atoms with Crippen LogP contribution in [0.1, 0.15) is 25.3 Å². The Kier molecular flexibility index (Phi) is 4.85. The zero-order chi connectivity index (χ0) is 13.5. The number of unbranched alkanes of at least 4 members (excludes halogenated alkanes) is 1. The van der Waals surface area contributed by atoms with Gasteiger partial charge in [-0.3, -0.25) is 0 Å². The maximum absolute atomic E-state index is 9.91. The molecule has 0 aliphatic rings. The standard InChI is InChI=1S/C17H21NO/c1-2-3-13-18(16-10-5-4-6-11-16)14-15-9-7-8-12-17(15)19/h4-12,19H,2-3,13-14H2,1H3. The van der Waals surface area contributed by atoms with Crippen molar-refractivity contribution < 1.29 is 5.11 Å². The van der Waals surface area contributed by atoms with E-state index >= 15 is 0 Å². The lowest BCUT2D eigenvalue weighted by Gasteiger charge is -2.25. The molecule has 2 aromatic rings. The lowest BCUT2D eigenvalue weighted by Crippen LogP contribution is -2.23. The highest BCUT2D eigenvalue weighted by Crippen LogP contribution is 2.22. The fourth-order valence-corrected chi connectivity index (χ4v) is 2.14. The molecule has 19 heavy (non-hydrogen) atoms. The van der Waals surface area contributed by atoms with Crippen molar-refractivity contribution >= 4 is 5.69 Å². The molecule has 2 aromatic carbocycles. The first-order valence-electron chi connectivity index (χ1n) is 6.88. The van der Waals surface area contributed by atoms with Gasteiger partial charge >= 0.3 is 0 Å². The summed E-state index contributed by atoms with van der Waals surface area (Å²) >= 11 is 0. The fourth-order valence-electron chi connectivity index (χ4n) is 2.14. The van der Waals surface area contributed by atoms with E-state index in [2.05, 4.69) is 36.1 Å². The summed E-state index contributed by atoms with van der Waals surface area (Å²) < 4.78 is 0. The third-order valence-corrected chi connectivity index (χ3v) is 3.26. The van der Waals surface area contributed by atoms with Gasteiger partial charge < -0.3 is 10.0 Å². The van der Waals surface area contributed by atoms with Gasteiger partial charge in [-0.2, -0.15) is 0 Å². The molecule has 0 heterocycles. The molecule has 0 unspecified atom stereocenters. The minimum atomic E-state index is 0.375. The van der Waals surface area contributed by atoms with Crippen molar-refractivity contribution in [3.05, 3.63) is 60.2 Å². The second kappa shape index (κ2) is 6.83. The van der Waals surface area contributed by atoms with E-state index in [1.54, 1.807) is 6.07 Å². The molecule has 1 N–H and O–H groups in total. The van der Waals surface area contributed by atoms with Crippen LogP contribution in [0.5, 0.6) is 5.75 Å². The molecule has 0 bridgehead atoms. The van der Waals surface area contributed by atoms with Gasteiger partial charge in [0.1, 0.15) is 5.75 Å². The Labute approximate surface area is 115 Å². The Morgan fingerprint density at radius 2 is 1.63 bits per heavy atom. The van der Waals surface area contributed by atoms with Crippen LogP contribution < -0.4 is 4.90 Å². The molecule has 2 heteroatoms. The monoisotopic (exact) mass is 255 g/mol. The zero-order valence-electron chi connectivity index (χ0n) is 11.4. The summed E-state index contributed by atoms with van der Waals surface area (Å²) in [5.41, 5.74) is 2.18. The smallest absolute Gasteiger partial charge is 0.120 e. The number of nitrogens with zero attached hydrogens (tertiary/aromatic N) is 1. The van der Waals surface area contributed by atoms with Crippen molar-refractivity contribution in [3.63, 3.8) is 0 Å². The molecule has 0 spiro atoms. The Hall–Kier alpha value is -1.96. The minimum absolute atomic E-state index is 0.375. The summed E-state index contributed by atoms with van der Waals surface area (Å²) in [4.78, 5) is 2.32. The molecule has 0 amide bonds. The molecule has 0 radical (unpaired) electrons. The number of hydrogen-bond acceptors (Lipinski definition) is 2.